The number of carboxylic acids is 3. The van der Waals surface area contributed by atoms with E-state index in [1.54, 1.807) is 0 Å². The van der Waals surface area contributed by atoms with Gasteiger partial charge in [-0.1, -0.05) is 43.8 Å². The number of carbonyl (C=O) groups excluding carboxylic acids is 1. The molecule has 0 aliphatic carbocycles. The van der Waals surface area contributed by atoms with Crippen molar-refractivity contribution >= 4 is 23.9 Å². The number of aliphatic hydroxyl groups excluding tert-OH is 1. The first-order valence-corrected chi connectivity index (χ1v) is 11.6. The molecule has 0 unspecified atom stereocenters. The van der Waals surface area contributed by atoms with Gasteiger partial charge in [-0.25, -0.2) is 14.4 Å². The second kappa shape index (κ2) is 10.2. The first-order chi connectivity index (χ1) is 17.2. The summed E-state index contributed by atoms with van der Waals surface area (Å²) < 4.78 is 16.3. The van der Waals surface area contributed by atoms with E-state index in [0.717, 1.165) is 5.56 Å². The van der Waals surface area contributed by atoms with Gasteiger partial charge in [-0.05, 0) is 24.0 Å². The molecule has 7 atom stereocenters. The first kappa shape index (κ1) is 28.3. The molecule has 2 aliphatic rings. The van der Waals surface area contributed by atoms with Crippen LogP contribution in [0, 0.1) is 5.92 Å². The van der Waals surface area contributed by atoms with Crippen molar-refractivity contribution in [1.82, 2.24) is 0 Å². The molecule has 0 aromatic heterocycles. The summed E-state index contributed by atoms with van der Waals surface area (Å²) in [6.45, 7) is 7.04. The predicted molar refractivity (Wildman–Crippen MR) is 123 cm³/mol. The van der Waals surface area contributed by atoms with Crippen LogP contribution in [-0.2, 0) is 39.8 Å². The van der Waals surface area contributed by atoms with Gasteiger partial charge in [0.2, 0.25) is 17.3 Å². The van der Waals surface area contributed by atoms with E-state index in [0.29, 0.717) is 12.0 Å². The number of fused-ring (bicyclic) bond motifs is 2. The number of aliphatic carboxylic acids is 3. The van der Waals surface area contributed by atoms with E-state index in [1.165, 1.54) is 6.92 Å². The number of carboxylic acid groups (broad SMARTS) is 3. The number of benzene rings is 1. The minimum absolute atomic E-state index is 0.0817. The van der Waals surface area contributed by atoms with Crippen LogP contribution in [0.15, 0.2) is 42.5 Å². The summed E-state index contributed by atoms with van der Waals surface area (Å²) >= 11 is 0. The SMILES string of the molecule is C=C(CC[C@]12O[C@H](C(=O)O)[C@@](O)(C(=O)O)[C@](C(=O)O)(C[C@H]1O)O2)[C@@H](OC(C)=O)[C@H](C)Cc1ccccc1. The maximum atomic E-state index is 12.2. The Kier molecular flexibility index (Phi) is 7.80. The zero-order valence-corrected chi connectivity index (χ0v) is 20.3. The van der Waals surface area contributed by atoms with Crippen molar-refractivity contribution in [2.75, 3.05) is 0 Å². The molecule has 1 aromatic rings. The lowest BCUT2D eigenvalue weighted by Gasteiger charge is -2.48. The molecule has 0 spiro atoms. The largest absolute Gasteiger partial charge is 0.479 e. The summed E-state index contributed by atoms with van der Waals surface area (Å²) in [5.74, 6) is -9.22. The van der Waals surface area contributed by atoms with Crippen LogP contribution in [0.1, 0.15) is 38.7 Å². The average molecular weight is 523 g/mol. The zero-order chi connectivity index (χ0) is 27.8. The summed E-state index contributed by atoms with van der Waals surface area (Å²) in [4.78, 5) is 47.7. The van der Waals surface area contributed by atoms with E-state index >= 15 is 0 Å². The van der Waals surface area contributed by atoms with E-state index in [9.17, 15) is 44.7 Å². The maximum absolute atomic E-state index is 12.2. The molecular weight excluding hydrogens is 492 g/mol. The Morgan fingerprint density at radius 3 is 2.27 bits per heavy atom. The monoisotopic (exact) mass is 522 g/mol. The van der Waals surface area contributed by atoms with E-state index in [-0.39, 0.29) is 18.8 Å². The van der Waals surface area contributed by atoms with Crippen molar-refractivity contribution in [3.8, 4) is 0 Å². The van der Waals surface area contributed by atoms with E-state index in [2.05, 4.69) is 6.58 Å². The molecule has 37 heavy (non-hydrogen) atoms. The van der Waals surface area contributed by atoms with Crippen molar-refractivity contribution in [3.05, 3.63) is 48.0 Å². The van der Waals surface area contributed by atoms with Crippen molar-refractivity contribution in [1.29, 1.82) is 0 Å². The third-order valence-corrected chi connectivity index (χ3v) is 6.95. The standard InChI is InChI=1S/C25H30O12/c1-13(18(35-15(3)26)14(2)11-16-7-5-4-6-8-16)9-10-24-17(27)12-23(37-24,21(30)31)25(34,22(32)33)19(36-24)20(28)29/h4-8,14,17-19,27,34H,1,9-12H2,2-3H3,(H,28,29)(H,30,31)(H,32,33)/t14-,17-,18-,19-,23-,24-,25-/m1/s1. The molecule has 202 valence electrons. The topological polar surface area (TPSA) is 197 Å². The predicted octanol–water partition coefficient (Wildman–Crippen LogP) is 0.733. The van der Waals surface area contributed by atoms with Crippen LogP contribution in [0.3, 0.4) is 0 Å². The fourth-order valence-corrected chi connectivity index (χ4v) is 5.10. The molecule has 0 amide bonds. The highest BCUT2D eigenvalue weighted by Crippen LogP contribution is 2.54. The molecule has 2 saturated heterocycles. The molecule has 2 bridgehead atoms. The van der Waals surface area contributed by atoms with Crippen LogP contribution >= 0.6 is 0 Å². The van der Waals surface area contributed by atoms with Crippen molar-refractivity contribution in [2.45, 2.75) is 74.8 Å². The van der Waals surface area contributed by atoms with Crippen LogP contribution in [0.4, 0.5) is 0 Å². The molecule has 2 aliphatic heterocycles. The minimum Gasteiger partial charge on any atom is -0.479 e. The zero-order valence-electron chi connectivity index (χ0n) is 20.3. The Balaban J connectivity index is 1.88. The number of rotatable bonds is 11. The van der Waals surface area contributed by atoms with Crippen molar-refractivity contribution in [2.24, 2.45) is 5.92 Å². The van der Waals surface area contributed by atoms with Gasteiger partial charge in [0.1, 0.15) is 12.2 Å². The van der Waals surface area contributed by atoms with Gasteiger partial charge in [-0.2, -0.15) is 0 Å². The van der Waals surface area contributed by atoms with Gasteiger partial charge >= 0.3 is 23.9 Å². The van der Waals surface area contributed by atoms with Crippen LogP contribution in [0.5, 0.6) is 0 Å². The normalized spacial score (nSPS) is 32.2. The Morgan fingerprint density at radius 2 is 1.76 bits per heavy atom. The highest BCUT2D eigenvalue weighted by atomic mass is 16.8. The van der Waals surface area contributed by atoms with Crippen LogP contribution in [0.2, 0.25) is 0 Å². The van der Waals surface area contributed by atoms with Crippen LogP contribution < -0.4 is 0 Å². The lowest BCUT2D eigenvalue weighted by molar-refractivity contribution is -0.372. The summed E-state index contributed by atoms with van der Waals surface area (Å²) in [6, 6.07) is 9.40. The summed E-state index contributed by atoms with van der Waals surface area (Å²) in [5, 5.41) is 50.6. The fourth-order valence-electron chi connectivity index (χ4n) is 5.10. The quantitative estimate of drug-likeness (QED) is 0.202. The van der Waals surface area contributed by atoms with E-state index in [1.807, 2.05) is 37.3 Å². The summed E-state index contributed by atoms with van der Waals surface area (Å²) in [5.41, 5.74) is -5.21. The summed E-state index contributed by atoms with van der Waals surface area (Å²) in [7, 11) is 0. The molecule has 2 heterocycles. The Bertz CT molecular complexity index is 1090. The van der Waals surface area contributed by atoms with Crippen LogP contribution in [0.25, 0.3) is 0 Å². The number of carbonyl (C=O) groups is 4. The third-order valence-electron chi connectivity index (χ3n) is 6.95. The van der Waals surface area contributed by atoms with E-state index < -0.39 is 65.6 Å². The van der Waals surface area contributed by atoms with Crippen molar-refractivity contribution < 1.29 is 58.9 Å². The Hall–Kier alpha value is -3.32. The molecule has 1 aromatic carbocycles. The molecule has 5 N–H and O–H groups in total. The number of hydrogen-bond acceptors (Lipinski definition) is 9. The smallest absolute Gasteiger partial charge is 0.342 e. The number of hydrogen-bond donors (Lipinski definition) is 5. The average Bonchev–Trinajstić information content (AvgIpc) is 3.09. The van der Waals surface area contributed by atoms with E-state index in [4.69, 9.17) is 14.2 Å². The highest BCUT2D eigenvalue weighted by molar-refractivity contribution is 5.97. The Labute approximate surface area is 212 Å². The van der Waals surface area contributed by atoms with Gasteiger partial charge < -0.3 is 39.7 Å². The van der Waals surface area contributed by atoms with Gasteiger partial charge in [0.25, 0.3) is 0 Å². The summed E-state index contributed by atoms with van der Waals surface area (Å²) in [6.07, 6.45) is -6.04. The lowest BCUT2D eigenvalue weighted by atomic mass is 9.76. The lowest BCUT2D eigenvalue weighted by Crippen LogP contribution is -2.75. The van der Waals surface area contributed by atoms with Gasteiger partial charge in [0.05, 0.1) is 0 Å². The third kappa shape index (κ3) is 4.85. The Morgan fingerprint density at radius 1 is 1.14 bits per heavy atom. The first-order valence-electron chi connectivity index (χ1n) is 11.6. The molecule has 3 rings (SSSR count). The van der Waals surface area contributed by atoms with Crippen molar-refractivity contribution in [3.63, 3.8) is 0 Å². The minimum atomic E-state index is -3.53. The van der Waals surface area contributed by atoms with Gasteiger partial charge in [-0.3, -0.25) is 4.79 Å². The highest BCUT2D eigenvalue weighted by Gasteiger charge is 2.80. The fraction of sp³-hybridized carbons (Fsp3) is 0.520. The van der Waals surface area contributed by atoms with Crippen LogP contribution in [-0.4, -0.2) is 84.7 Å². The molecule has 0 radical (unpaired) electrons. The number of aliphatic hydroxyl groups is 2. The second-order valence-electron chi connectivity index (χ2n) is 9.53. The maximum Gasteiger partial charge on any atom is 0.342 e. The number of esters is 1. The molecule has 12 nitrogen and oxygen atoms in total. The van der Waals surface area contributed by atoms with Gasteiger partial charge in [-0.15, -0.1) is 0 Å². The van der Waals surface area contributed by atoms with Gasteiger partial charge in [0, 0.05) is 25.7 Å². The molecule has 0 saturated carbocycles. The number of ether oxygens (including phenoxy) is 3. The molecular formula is C25H30O12. The van der Waals surface area contributed by atoms with Gasteiger partial charge in [0.15, 0.2) is 5.79 Å². The molecule has 12 heteroatoms. The second-order valence-corrected chi connectivity index (χ2v) is 9.53. The molecule has 2 fully saturated rings.